The first-order valence-corrected chi connectivity index (χ1v) is 11.0. The maximum atomic E-state index is 12.3. The number of hydrogen-bond donors (Lipinski definition) is 1. The highest BCUT2D eigenvalue weighted by Gasteiger charge is 2.26. The van der Waals surface area contributed by atoms with Crippen molar-refractivity contribution in [2.75, 3.05) is 21.9 Å². The first-order valence-electron chi connectivity index (χ1n) is 9.40. The predicted octanol–water partition coefficient (Wildman–Crippen LogP) is 3.89. The second-order valence-electron chi connectivity index (χ2n) is 7.03. The molecule has 6 heteroatoms. The minimum Gasteiger partial charge on any atom is -0.326 e. The molecule has 1 heterocycles. The van der Waals surface area contributed by atoms with Crippen LogP contribution in [0.2, 0.25) is 0 Å². The van der Waals surface area contributed by atoms with Crippen molar-refractivity contribution in [2.45, 2.75) is 39.0 Å². The van der Waals surface area contributed by atoms with Crippen LogP contribution in [0.1, 0.15) is 36.8 Å². The normalized spacial score (nSPS) is 16.1. The molecule has 0 atom stereocenters. The van der Waals surface area contributed by atoms with Crippen molar-refractivity contribution >= 4 is 27.3 Å². The molecule has 2 aromatic carbocycles. The van der Waals surface area contributed by atoms with Gasteiger partial charge in [-0.3, -0.25) is 9.10 Å². The quantitative estimate of drug-likeness (QED) is 0.819. The Morgan fingerprint density at radius 1 is 1.11 bits per heavy atom. The number of hydrogen-bond acceptors (Lipinski definition) is 3. The van der Waals surface area contributed by atoms with Crippen LogP contribution in [-0.2, 0) is 21.2 Å². The first-order chi connectivity index (χ1) is 12.9. The lowest BCUT2D eigenvalue weighted by atomic mass is 10.1. The van der Waals surface area contributed by atoms with Crippen molar-refractivity contribution in [3.8, 4) is 0 Å². The van der Waals surface area contributed by atoms with Gasteiger partial charge in [0.2, 0.25) is 15.9 Å². The smallest absolute Gasteiger partial charge is 0.235 e. The van der Waals surface area contributed by atoms with Crippen molar-refractivity contribution < 1.29 is 13.2 Å². The van der Waals surface area contributed by atoms with E-state index in [1.54, 1.807) is 24.3 Å². The standard InChI is InChI=1S/C21H26N2O3S/c1-17-10-12-18(13-11-17)6-4-9-21(24)22-19-7-5-8-20(16-19)23-14-2-3-15-27(23,25)26/h5,7-8,10-13,16H,2-4,6,9,14-15H2,1H3,(H,22,24). The fourth-order valence-corrected chi connectivity index (χ4v) is 4.88. The zero-order chi connectivity index (χ0) is 19.3. The Bertz CT molecular complexity index is 892. The molecule has 1 saturated heterocycles. The lowest BCUT2D eigenvalue weighted by Crippen LogP contribution is -2.37. The number of anilines is 2. The third-order valence-electron chi connectivity index (χ3n) is 4.76. The molecule has 0 bridgehead atoms. The summed E-state index contributed by atoms with van der Waals surface area (Å²) in [6, 6.07) is 15.4. The summed E-state index contributed by atoms with van der Waals surface area (Å²) in [6.07, 6.45) is 3.63. The largest absolute Gasteiger partial charge is 0.326 e. The summed E-state index contributed by atoms with van der Waals surface area (Å²) in [5, 5.41) is 2.88. The summed E-state index contributed by atoms with van der Waals surface area (Å²) in [7, 11) is -3.25. The van der Waals surface area contributed by atoms with Gasteiger partial charge in [0, 0.05) is 18.7 Å². The van der Waals surface area contributed by atoms with Crippen molar-refractivity contribution in [3.05, 3.63) is 59.7 Å². The van der Waals surface area contributed by atoms with Gasteiger partial charge < -0.3 is 5.32 Å². The predicted molar refractivity (Wildman–Crippen MR) is 110 cm³/mol. The van der Waals surface area contributed by atoms with Crippen LogP contribution in [0.15, 0.2) is 48.5 Å². The van der Waals surface area contributed by atoms with E-state index in [2.05, 4.69) is 36.5 Å². The van der Waals surface area contributed by atoms with E-state index in [-0.39, 0.29) is 11.7 Å². The number of amides is 1. The van der Waals surface area contributed by atoms with Crippen LogP contribution in [0, 0.1) is 6.92 Å². The summed E-state index contributed by atoms with van der Waals surface area (Å²) in [4.78, 5) is 12.2. The lowest BCUT2D eigenvalue weighted by molar-refractivity contribution is -0.116. The van der Waals surface area contributed by atoms with Gasteiger partial charge in [-0.2, -0.15) is 0 Å². The van der Waals surface area contributed by atoms with Gasteiger partial charge in [0.25, 0.3) is 0 Å². The number of benzene rings is 2. The van der Waals surface area contributed by atoms with E-state index in [4.69, 9.17) is 0 Å². The van der Waals surface area contributed by atoms with Gasteiger partial charge in [-0.15, -0.1) is 0 Å². The third-order valence-corrected chi connectivity index (χ3v) is 6.63. The third kappa shape index (κ3) is 5.32. The number of sulfonamides is 1. The molecule has 1 aliphatic rings. The summed E-state index contributed by atoms with van der Waals surface area (Å²) in [6.45, 7) is 2.55. The highest BCUT2D eigenvalue weighted by Crippen LogP contribution is 2.26. The molecule has 1 amide bonds. The number of nitrogens with one attached hydrogen (secondary N) is 1. The van der Waals surface area contributed by atoms with Crippen LogP contribution in [-0.4, -0.2) is 26.6 Å². The fourth-order valence-electron chi connectivity index (χ4n) is 3.25. The maximum Gasteiger partial charge on any atom is 0.235 e. The maximum absolute atomic E-state index is 12.3. The molecule has 27 heavy (non-hydrogen) atoms. The Kier molecular flexibility index (Phi) is 6.16. The van der Waals surface area contributed by atoms with Gasteiger partial charge >= 0.3 is 0 Å². The zero-order valence-electron chi connectivity index (χ0n) is 15.6. The molecular formula is C21H26N2O3S. The van der Waals surface area contributed by atoms with Crippen LogP contribution in [0.4, 0.5) is 11.4 Å². The molecule has 1 N–H and O–H groups in total. The summed E-state index contributed by atoms with van der Waals surface area (Å²) < 4.78 is 26.0. The molecule has 3 rings (SSSR count). The van der Waals surface area contributed by atoms with Crippen LogP contribution in [0.5, 0.6) is 0 Å². The number of carbonyl (C=O) groups excluding carboxylic acids is 1. The van der Waals surface area contributed by atoms with Crippen molar-refractivity contribution in [2.24, 2.45) is 0 Å². The second-order valence-corrected chi connectivity index (χ2v) is 9.05. The van der Waals surface area contributed by atoms with Crippen LogP contribution >= 0.6 is 0 Å². The van der Waals surface area contributed by atoms with Crippen LogP contribution < -0.4 is 9.62 Å². The van der Waals surface area contributed by atoms with Crippen molar-refractivity contribution in [1.29, 1.82) is 0 Å². The molecule has 0 aromatic heterocycles. The Morgan fingerprint density at radius 3 is 2.63 bits per heavy atom. The van der Waals surface area contributed by atoms with Gasteiger partial charge in [0.1, 0.15) is 0 Å². The molecule has 0 saturated carbocycles. The van der Waals surface area contributed by atoms with Gasteiger partial charge in [-0.05, 0) is 56.4 Å². The van der Waals surface area contributed by atoms with E-state index in [0.29, 0.717) is 30.8 Å². The Labute approximate surface area is 161 Å². The fraction of sp³-hybridized carbons (Fsp3) is 0.381. The van der Waals surface area contributed by atoms with E-state index < -0.39 is 10.0 Å². The van der Waals surface area contributed by atoms with Crippen molar-refractivity contribution in [3.63, 3.8) is 0 Å². The number of nitrogens with zero attached hydrogens (tertiary/aromatic N) is 1. The molecule has 0 radical (unpaired) electrons. The molecule has 144 valence electrons. The number of carbonyl (C=O) groups is 1. The van der Waals surface area contributed by atoms with Crippen molar-refractivity contribution in [1.82, 2.24) is 0 Å². The second kappa shape index (κ2) is 8.57. The SMILES string of the molecule is Cc1ccc(CCCC(=O)Nc2cccc(N3CCCCS3(=O)=O)c2)cc1. The summed E-state index contributed by atoms with van der Waals surface area (Å²) >= 11 is 0. The van der Waals surface area contributed by atoms with E-state index in [9.17, 15) is 13.2 Å². The minimum atomic E-state index is -3.25. The molecule has 2 aromatic rings. The average molecular weight is 387 g/mol. The monoisotopic (exact) mass is 386 g/mol. The van der Waals surface area contributed by atoms with E-state index in [1.807, 2.05) is 0 Å². The van der Waals surface area contributed by atoms with Crippen LogP contribution in [0.3, 0.4) is 0 Å². The number of aryl methyl sites for hydroxylation is 2. The van der Waals surface area contributed by atoms with Gasteiger partial charge in [0.15, 0.2) is 0 Å². The molecule has 0 spiro atoms. The molecule has 0 unspecified atom stereocenters. The topological polar surface area (TPSA) is 66.5 Å². The molecule has 0 aliphatic carbocycles. The molecule has 1 aliphatic heterocycles. The van der Waals surface area contributed by atoms with Gasteiger partial charge in [-0.25, -0.2) is 8.42 Å². The Hall–Kier alpha value is -2.34. The first kappa shape index (κ1) is 19.4. The summed E-state index contributed by atoms with van der Waals surface area (Å²) in [5.74, 6) is 0.128. The zero-order valence-corrected chi connectivity index (χ0v) is 16.5. The summed E-state index contributed by atoms with van der Waals surface area (Å²) in [5.41, 5.74) is 3.71. The average Bonchev–Trinajstić information content (AvgIpc) is 2.63. The highest BCUT2D eigenvalue weighted by molar-refractivity contribution is 7.92. The number of rotatable bonds is 6. The van der Waals surface area contributed by atoms with E-state index >= 15 is 0 Å². The Balaban J connectivity index is 1.55. The van der Waals surface area contributed by atoms with Crippen LogP contribution in [0.25, 0.3) is 0 Å². The minimum absolute atomic E-state index is 0.0548. The van der Waals surface area contributed by atoms with Gasteiger partial charge in [0.05, 0.1) is 11.4 Å². The van der Waals surface area contributed by atoms with E-state index in [1.165, 1.54) is 15.4 Å². The molecule has 5 nitrogen and oxygen atoms in total. The molecular weight excluding hydrogens is 360 g/mol. The lowest BCUT2D eigenvalue weighted by Gasteiger charge is -2.28. The van der Waals surface area contributed by atoms with E-state index in [0.717, 1.165) is 19.3 Å². The highest BCUT2D eigenvalue weighted by atomic mass is 32.2. The van der Waals surface area contributed by atoms with Gasteiger partial charge in [-0.1, -0.05) is 35.9 Å². The molecule has 1 fully saturated rings. The Morgan fingerprint density at radius 2 is 1.89 bits per heavy atom.